The first kappa shape index (κ1) is 13.2. The first-order chi connectivity index (χ1) is 8.99. The van der Waals surface area contributed by atoms with E-state index in [2.05, 4.69) is 25.9 Å². The third-order valence-electron chi connectivity index (χ3n) is 3.69. The molecule has 0 amide bonds. The average molecular weight is 346 g/mol. The van der Waals surface area contributed by atoms with Gasteiger partial charge in [-0.2, -0.15) is 0 Å². The molecule has 4 nitrogen and oxygen atoms in total. The van der Waals surface area contributed by atoms with Gasteiger partial charge in [0.15, 0.2) is 0 Å². The molecule has 2 atom stereocenters. The van der Waals surface area contributed by atoms with Crippen LogP contribution in [0.25, 0.3) is 11.0 Å². The summed E-state index contributed by atoms with van der Waals surface area (Å²) in [5, 5.41) is -0.257. The number of halogens is 2. The maximum absolute atomic E-state index is 11.3. The molecule has 2 aromatic rings. The first-order valence-electron chi connectivity index (χ1n) is 6.19. The Hall–Kier alpha value is -0.780. The quantitative estimate of drug-likeness (QED) is 0.819. The van der Waals surface area contributed by atoms with Gasteiger partial charge in [0, 0.05) is 11.1 Å². The van der Waals surface area contributed by atoms with E-state index in [1.54, 1.807) is 0 Å². The molecule has 0 bridgehead atoms. The van der Waals surface area contributed by atoms with E-state index < -0.39 is 0 Å². The Morgan fingerprint density at radius 2 is 2.11 bits per heavy atom. The molecule has 1 saturated heterocycles. The van der Waals surface area contributed by atoms with Crippen molar-refractivity contribution in [1.82, 2.24) is 9.97 Å². The van der Waals surface area contributed by atoms with E-state index in [0.29, 0.717) is 0 Å². The van der Waals surface area contributed by atoms with Gasteiger partial charge in [0.05, 0.1) is 22.0 Å². The molecule has 0 radical (unpaired) electrons. The summed E-state index contributed by atoms with van der Waals surface area (Å²) in [5.74, 6) is 0. The summed E-state index contributed by atoms with van der Waals surface area (Å²) in [5.41, 5.74) is 1.90. The summed E-state index contributed by atoms with van der Waals surface area (Å²) in [6.07, 6.45) is 1.97. The Labute approximate surface area is 123 Å². The molecule has 3 rings (SSSR count). The number of imidazole rings is 1. The maximum atomic E-state index is 11.3. The molecule has 2 N–H and O–H groups in total. The average Bonchev–Trinajstić information content (AvgIpc) is 2.93. The predicted octanol–water partition coefficient (Wildman–Crippen LogP) is 3.47. The zero-order valence-corrected chi connectivity index (χ0v) is 12.8. The molecule has 6 heteroatoms. The van der Waals surface area contributed by atoms with Crippen LogP contribution in [-0.2, 0) is 4.74 Å². The molecular weight excluding hydrogens is 332 g/mol. The Balaban J connectivity index is 2.08. The molecular formula is C13H14BrClN2O2. The van der Waals surface area contributed by atoms with Gasteiger partial charge in [-0.1, -0.05) is 15.9 Å². The Morgan fingerprint density at radius 3 is 2.74 bits per heavy atom. The number of benzene rings is 1. The summed E-state index contributed by atoms with van der Waals surface area (Å²) < 4.78 is 6.68. The van der Waals surface area contributed by atoms with Crippen LogP contribution in [0.1, 0.15) is 30.7 Å². The molecule has 102 valence electrons. The van der Waals surface area contributed by atoms with Crippen molar-refractivity contribution in [2.45, 2.75) is 30.7 Å². The van der Waals surface area contributed by atoms with E-state index >= 15 is 0 Å². The van der Waals surface area contributed by atoms with Gasteiger partial charge in [0.1, 0.15) is 0 Å². The van der Waals surface area contributed by atoms with Gasteiger partial charge in [0.2, 0.25) is 0 Å². The zero-order chi connectivity index (χ0) is 13.6. The van der Waals surface area contributed by atoms with E-state index in [1.165, 1.54) is 0 Å². The Bertz CT molecular complexity index is 673. The fraction of sp³-hybridized carbons (Fsp3) is 0.462. The highest BCUT2D eigenvalue weighted by Crippen LogP contribution is 2.44. The van der Waals surface area contributed by atoms with E-state index in [4.69, 9.17) is 16.3 Å². The van der Waals surface area contributed by atoms with Gasteiger partial charge >= 0.3 is 5.69 Å². The van der Waals surface area contributed by atoms with E-state index in [-0.39, 0.29) is 16.7 Å². The highest BCUT2D eigenvalue weighted by atomic mass is 79.9. The SMILES string of the molecule is CC1(C(Cl)c2cc3[nH]c(=O)[nH]c3cc2Br)CCCO1. The van der Waals surface area contributed by atoms with Crippen LogP contribution in [0, 0.1) is 0 Å². The van der Waals surface area contributed by atoms with Crippen molar-refractivity contribution >= 4 is 38.6 Å². The normalized spacial score (nSPS) is 25.0. The number of rotatable bonds is 2. The fourth-order valence-electron chi connectivity index (χ4n) is 2.60. The molecule has 0 spiro atoms. The number of aromatic amines is 2. The standard InChI is InChI=1S/C13H14BrClN2O2/c1-13(3-2-4-19-13)11(15)7-5-9-10(6-8(7)14)17-12(18)16-9/h5-6,11H,2-4H2,1H3,(H2,16,17,18). The molecule has 1 fully saturated rings. The summed E-state index contributed by atoms with van der Waals surface area (Å²) in [6, 6.07) is 3.78. The van der Waals surface area contributed by atoms with Crippen molar-refractivity contribution in [2.75, 3.05) is 6.61 Å². The molecule has 19 heavy (non-hydrogen) atoms. The summed E-state index contributed by atoms with van der Waals surface area (Å²) in [6.45, 7) is 2.79. The van der Waals surface area contributed by atoms with Crippen molar-refractivity contribution in [3.05, 3.63) is 32.7 Å². The third kappa shape index (κ3) is 2.24. The lowest BCUT2D eigenvalue weighted by Crippen LogP contribution is -2.29. The molecule has 1 aromatic heterocycles. The number of ether oxygens (including phenoxy) is 1. The topological polar surface area (TPSA) is 57.9 Å². The summed E-state index contributed by atoms with van der Waals surface area (Å²) in [4.78, 5) is 16.8. The van der Waals surface area contributed by atoms with Gasteiger partial charge in [-0.3, -0.25) is 0 Å². The minimum Gasteiger partial charge on any atom is -0.373 e. The van der Waals surface area contributed by atoms with E-state index in [0.717, 1.165) is 40.5 Å². The lowest BCUT2D eigenvalue weighted by atomic mass is 9.93. The van der Waals surface area contributed by atoms with Crippen LogP contribution >= 0.6 is 27.5 Å². The van der Waals surface area contributed by atoms with Crippen LogP contribution in [0.2, 0.25) is 0 Å². The number of hydrogen-bond acceptors (Lipinski definition) is 2. The number of aromatic nitrogens is 2. The molecule has 2 unspecified atom stereocenters. The van der Waals surface area contributed by atoms with Crippen LogP contribution in [0.3, 0.4) is 0 Å². The first-order valence-corrected chi connectivity index (χ1v) is 7.42. The summed E-state index contributed by atoms with van der Waals surface area (Å²) in [7, 11) is 0. The third-order valence-corrected chi connectivity index (χ3v) is 5.08. The van der Waals surface area contributed by atoms with Crippen molar-refractivity contribution in [3.63, 3.8) is 0 Å². The number of nitrogens with one attached hydrogen (secondary N) is 2. The second kappa shape index (κ2) is 4.65. The number of hydrogen-bond donors (Lipinski definition) is 2. The molecule has 1 aliphatic rings. The smallest absolute Gasteiger partial charge is 0.323 e. The summed E-state index contributed by atoms with van der Waals surface area (Å²) >= 11 is 10.1. The van der Waals surface area contributed by atoms with Crippen molar-refractivity contribution in [3.8, 4) is 0 Å². The largest absolute Gasteiger partial charge is 0.373 e. The van der Waals surface area contributed by atoms with Gasteiger partial charge < -0.3 is 14.7 Å². The van der Waals surface area contributed by atoms with Crippen LogP contribution in [0.15, 0.2) is 21.4 Å². The van der Waals surface area contributed by atoms with Crippen molar-refractivity contribution in [2.24, 2.45) is 0 Å². The Kier molecular flexibility index (Phi) is 3.23. The number of alkyl halides is 1. The predicted molar refractivity (Wildman–Crippen MR) is 78.8 cm³/mol. The molecule has 0 saturated carbocycles. The molecule has 2 heterocycles. The Morgan fingerprint density at radius 1 is 1.42 bits per heavy atom. The highest BCUT2D eigenvalue weighted by Gasteiger charge is 2.39. The van der Waals surface area contributed by atoms with Crippen LogP contribution in [0.4, 0.5) is 0 Å². The molecule has 1 aliphatic heterocycles. The minimum atomic E-state index is -0.353. The van der Waals surface area contributed by atoms with Gasteiger partial charge in [-0.05, 0) is 37.5 Å². The van der Waals surface area contributed by atoms with Crippen molar-refractivity contribution in [1.29, 1.82) is 0 Å². The molecule has 0 aliphatic carbocycles. The monoisotopic (exact) mass is 344 g/mol. The highest BCUT2D eigenvalue weighted by molar-refractivity contribution is 9.10. The van der Waals surface area contributed by atoms with Gasteiger partial charge in [-0.25, -0.2) is 4.79 Å². The zero-order valence-electron chi connectivity index (χ0n) is 10.4. The van der Waals surface area contributed by atoms with Crippen LogP contribution in [-0.4, -0.2) is 22.2 Å². The number of H-pyrrole nitrogens is 2. The van der Waals surface area contributed by atoms with Crippen molar-refractivity contribution < 1.29 is 4.74 Å². The lowest BCUT2D eigenvalue weighted by Gasteiger charge is -2.29. The van der Waals surface area contributed by atoms with Gasteiger partial charge in [0.25, 0.3) is 0 Å². The number of fused-ring (bicyclic) bond motifs is 1. The maximum Gasteiger partial charge on any atom is 0.323 e. The lowest BCUT2D eigenvalue weighted by molar-refractivity contribution is 0.0163. The second-order valence-electron chi connectivity index (χ2n) is 5.13. The van der Waals surface area contributed by atoms with Crippen LogP contribution in [0.5, 0.6) is 0 Å². The fourth-order valence-corrected chi connectivity index (χ4v) is 3.65. The second-order valence-corrected chi connectivity index (χ2v) is 6.42. The van der Waals surface area contributed by atoms with Gasteiger partial charge in [-0.15, -0.1) is 11.6 Å². The van der Waals surface area contributed by atoms with E-state index in [1.807, 2.05) is 19.1 Å². The van der Waals surface area contributed by atoms with E-state index in [9.17, 15) is 4.79 Å². The minimum absolute atomic E-state index is 0.214. The van der Waals surface area contributed by atoms with Crippen LogP contribution < -0.4 is 5.69 Å². The molecule has 1 aromatic carbocycles.